The first-order valence-electron chi connectivity index (χ1n) is 8.74. The van der Waals surface area contributed by atoms with Gasteiger partial charge in [-0.1, -0.05) is 12.1 Å². The van der Waals surface area contributed by atoms with Gasteiger partial charge in [-0.3, -0.25) is 4.98 Å². The minimum absolute atomic E-state index is 0.330. The van der Waals surface area contributed by atoms with Gasteiger partial charge in [0.2, 0.25) is 0 Å². The van der Waals surface area contributed by atoms with E-state index in [0.29, 0.717) is 24.3 Å². The lowest BCUT2D eigenvalue weighted by molar-refractivity contribution is -0.141. The zero-order valence-electron chi connectivity index (χ0n) is 15.0. The van der Waals surface area contributed by atoms with E-state index in [1.807, 2.05) is 24.4 Å². The van der Waals surface area contributed by atoms with Crippen molar-refractivity contribution in [2.24, 2.45) is 0 Å². The van der Waals surface area contributed by atoms with E-state index in [4.69, 9.17) is 0 Å². The van der Waals surface area contributed by atoms with Crippen LogP contribution in [0.4, 0.5) is 19.0 Å². The van der Waals surface area contributed by atoms with Gasteiger partial charge >= 0.3 is 6.18 Å². The van der Waals surface area contributed by atoms with Crippen LogP contribution < -0.4 is 5.32 Å². The van der Waals surface area contributed by atoms with Crippen molar-refractivity contribution in [1.29, 1.82) is 0 Å². The molecule has 0 saturated carbocycles. The highest BCUT2D eigenvalue weighted by atomic mass is 32.1. The molecule has 0 aromatic carbocycles. The molecule has 29 heavy (non-hydrogen) atoms. The van der Waals surface area contributed by atoms with Crippen LogP contribution in [0.1, 0.15) is 22.4 Å². The molecule has 4 heterocycles. The van der Waals surface area contributed by atoms with Gasteiger partial charge in [-0.05, 0) is 34.9 Å². The van der Waals surface area contributed by atoms with E-state index in [1.165, 1.54) is 12.3 Å². The molecule has 0 saturated heterocycles. The first-order valence-corrected chi connectivity index (χ1v) is 9.19. The van der Waals surface area contributed by atoms with Gasteiger partial charge in [0.1, 0.15) is 17.2 Å². The van der Waals surface area contributed by atoms with E-state index < -0.39 is 11.9 Å². The maximum atomic E-state index is 12.6. The van der Waals surface area contributed by atoms with Gasteiger partial charge in [-0.25, -0.2) is 9.97 Å². The van der Waals surface area contributed by atoms with Gasteiger partial charge in [-0.15, -0.1) is 12.6 Å². The maximum Gasteiger partial charge on any atom is 0.433 e. The second-order valence-electron chi connectivity index (χ2n) is 6.54. The van der Waals surface area contributed by atoms with E-state index in [2.05, 4.69) is 37.9 Å². The predicted octanol–water partition coefficient (Wildman–Crippen LogP) is 4.86. The number of pyridine rings is 3. The van der Waals surface area contributed by atoms with Crippen molar-refractivity contribution >= 4 is 29.5 Å². The molecule has 4 aromatic rings. The summed E-state index contributed by atoms with van der Waals surface area (Å²) in [6.45, 7) is 0.330. The molecule has 0 aliphatic heterocycles. The lowest BCUT2D eigenvalue weighted by Gasteiger charge is -2.08. The monoisotopic (exact) mass is 415 g/mol. The van der Waals surface area contributed by atoms with Crippen LogP contribution in [0.25, 0.3) is 11.0 Å². The van der Waals surface area contributed by atoms with Crippen LogP contribution in [0.3, 0.4) is 0 Å². The van der Waals surface area contributed by atoms with Crippen molar-refractivity contribution in [3.63, 3.8) is 0 Å². The summed E-state index contributed by atoms with van der Waals surface area (Å²) in [5, 5.41) is 4.11. The molecule has 4 rings (SSSR count). The Morgan fingerprint density at radius 2 is 1.76 bits per heavy atom. The topological polar surface area (TPSA) is 66.5 Å². The van der Waals surface area contributed by atoms with Crippen molar-refractivity contribution in [3.8, 4) is 0 Å². The van der Waals surface area contributed by atoms with E-state index in [1.54, 1.807) is 12.4 Å². The number of nitrogens with zero attached hydrogens (tertiary/aromatic N) is 3. The van der Waals surface area contributed by atoms with Gasteiger partial charge in [0.05, 0.1) is 0 Å². The van der Waals surface area contributed by atoms with Crippen molar-refractivity contribution in [2.75, 3.05) is 5.32 Å². The minimum atomic E-state index is -4.43. The molecule has 0 aliphatic rings. The van der Waals surface area contributed by atoms with Crippen LogP contribution >= 0.6 is 12.6 Å². The molecule has 0 bridgehead atoms. The lowest BCUT2D eigenvalue weighted by Crippen LogP contribution is -2.08. The minimum Gasteiger partial charge on any atom is -0.366 e. The Hall–Kier alpha value is -3.07. The summed E-state index contributed by atoms with van der Waals surface area (Å²) in [5.41, 5.74) is 2.67. The Morgan fingerprint density at radius 1 is 0.966 bits per heavy atom. The number of nitrogens with one attached hydrogen (secondary N) is 2. The molecular formula is C20H16F3N5S. The Labute approximate surface area is 169 Å². The highest BCUT2D eigenvalue weighted by Gasteiger charge is 2.31. The second-order valence-corrected chi connectivity index (χ2v) is 7.05. The van der Waals surface area contributed by atoms with Crippen molar-refractivity contribution in [2.45, 2.75) is 24.0 Å². The number of rotatable bonds is 5. The van der Waals surface area contributed by atoms with Gasteiger partial charge in [0.25, 0.3) is 0 Å². The van der Waals surface area contributed by atoms with E-state index in [-0.39, 0.29) is 0 Å². The number of aromatic nitrogens is 4. The first kappa shape index (κ1) is 19.3. The molecule has 0 radical (unpaired) electrons. The molecule has 0 amide bonds. The Balaban J connectivity index is 1.39. The summed E-state index contributed by atoms with van der Waals surface area (Å²) in [7, 11) is 0. The normalized spacial score (nSPS) is 11.7. The molecular weight excluding hydrogens is 399 g/mol. The number of aromatic amines is 1. The van der Waals surface area contributed by atoms with Crippen molar-refractivity contribution < 1.29 is 13.2 Å². The predicted molar refractivity (Wildman–Crippen MR) is 107 cm³/mol. The Morgan fingerprint density at radius 3 is 2.45 bits per heavy atom. The molecule has 2 N–H and O–H groups in total. The van der Waals surface area contributed by atoms with Gasteiger partial charge in [-0.2, -0.15) is 13.2 Å². The number of alkyl halides is 3. The maximum absolute atomic E-state index is 12.6. The van der Waals surface area contributed by atoms with Crippen LogP contribution in [0.2, 0.25) is 0 Å². The number of hydrogen-bond donors (Lipinski definition) is 3. The van der Waals surface area contributed by atoms with Gasteiger partial charge < -0.3 is 10.3 Å². The average Bonchev–Trinajstić information content (AvgIpc) is 3.09. The number of thiol groups is 1. The SMILES string of the molecule is FC(F)(F)c1ccc(CNc2ccc(Cc3c[nH]c4ncc(S)cc34)cn2)cn1. The fraction of sp³-hybridized carbons (Fsp3) is 0.150. The highest BCUT2D eigenvalue weighted by molar-refractivity contribution is 7.80. The summed E-state index contributed by atoms with van der Waals surface area (Å²) >= 11 is 4.34. The molecule has 9 heteroatoms. The summed E-state index contributed by atoms with van der Waals surface area (Å²) in [5.74, 6) is 0.631. The van der Waals surface area contributed by atoms with E-state index >= 15 is 0 Å². The zero-order valence-corrected chi connectivity index (χ0v) is 15.9. The molecule has 5 nitrogen and oxygen atoms in total. The van der Waals surface area contributed by atoms with Crippen molar-refractivity contribution in [1.82, 2.24) is 19.9 Å². The summed E-state index contributed by atoms with van der Waals surface area (Å²) in [4.78, 5) is 16.1. The number of fused-ring (bicyclic) bond motifs is 1. The van der Waals surface area contributed by atoms with Crippen molar-refractivity contribution in [3.05, 3.63) is 77.5 Å². The van der Waals surface area contributed by atoms with E-state index in [9.17, 15) is 13.2 Å². The quantitative estimate of drug-likeness (QED) is 0.407. The Kier molecular flexibility index (Phi) is 5.14. The molecule has 0 unspecified atom stereocenters. The Bertz CT molecular complexity index is 1120. The second kappa shape index (κ2) is 7.75. The smallest absolute Gasteiger partial charge is 0.366 e. The number of anilines is 1. The average molecular weight is 415 g/mol. The fourth-order valence-electron chi connectivity index (χ4n) is 2.94. The molecule has 0 spiro atoms. The number of halogens is 3. The van der Waals surface area contributed by atoms with Gasteiger partial charge in [0.15, 0.2) is 0 Å². The fourth-order valence-corrected chi connectivity index (χ4v) is 3.12. The van der Waals surface area contributed by atoms with E-state index in [0.717, 1.165) is 33.1 Å². The van der Waals surface area contributed by atoms with Crippen LogP contribution in [0.15, 0.2) is 60.0 Å². The zero-order chi connectivity index (χ0) is 20.4. The summed E-state index contributed by atoms with van der Waals surface area (Å²) in [6.07, 6.45) is 2.86. The van der Waals surface area contributed by atoms with Crippen LogP contribution in [-0.4, -0.2) is 19.9 Å². The number of H-pyrrole nitrogens is 1. The summed E-state index contributed by atoms with van der Waals surface area (Å²) < 4.78 is 37.7. The molecule has 0 fully saturated rings. The highest BCUT2D eigenvalue weighted by Crippen LogP contribution is 2.27. The molecule has 0 aliphatic carbocycles. The first-order chi connectivity index (χ1) is 13.9. The van der Waals surface area contributed by atoms with Gasteiger partial charge in [0, 0.05) is 48.0 Å². The standard InChI is InChI=1S/C20H16F3N5S/c21-20(22,23)17-3-1-13(8-24-17)9-26-18-4-2-12(7-25-18)5-14-10-27-19-16(14)6-15(29)11-28-19/h1-4,6-8,10-11,29H,5,9H2,(H,25,26)(H,27,28). The third kappa shape index (κ3) is 4.51. The third-order valence-corrected chi connectivity index (χ3v) is 4.66. The van der Waals surface area contributed by atoms with Crippen LogP contribution in [-0.2, 0) is 19.1 Å². The summed E-state index contributed by atoms with van der Waals surface area (Å²) in [6, 6.07) is 8.14. The lowest BCUT2D eigenvalue weighted by atomic mass is 10.1. The largest absolute Gasteiger partial charge is 0.433 e. The number of hydrogen-bond acceptors (Lipinski definition) is 5. The molecule has 148 valence electrons. The van der Waals surface area contributed by atoms with Crippen LogP contribution in [0, 0.1) is 0 Å². The van der Waals surface area contributed by atoms with Crippen LogP contribution in [0.5, 0.6) is 0 Å². The molecule has 0 atom stereocenters. The third-order valence-electron chi connectivity index (χ3n) is 4.41. The molecule has 4 aromatic heterocycles.